The van der Waals surface area contributed by atoms with Crippen molar-refractivity contribution < 1.29 is 0 Å². The maximum Gasteiger partial charge on any atom is 0.334 e. The number of aromatic nitrogens is 2. The fourth-order valence-electron chi connectivity index (χ4n) is 9.82. The van der Waals surface area contributed by atoms with Crippen LogP contribution in [0.25, 0.3) is 81.3 Å². The molecule has 53 heavy (non-hydrogen) atoms. The van der Waals surface area contributed by atoms with E-state index in [-0.39, 0.29) is 6.85 Å². The molecule has 0 atom stereocenters. The second kappa shape index (κ2) is 10.1. The van der Waals surface area contributed by atoms with Crippen LogP contribution in [0.15, 0.2) is 169 Å². The molecule has 0 fully saturated rings. The predicted octanol–water partition coefficient (Wildman–Crippen LogP) is 11.7. The van der Waals surface area contributed by atoms with E-state index in [2.05, 4.69) is 183 Å². The maximum absolute atomic E-state index is 2.70. The van der Waals surface area contributed by atoms with E-state index < -0.39 is 0 Å². The number of rotatable bonds is 2. The van der Waals surface area contributed by atoms with Crippen LogP contribution in [0.2, 0.25) is 0 Å². The summed E-state index contributed by atoms with van der Waals surface area (Å²) in [5, 5.41) is 12.7. The molecule has 0 spiro atoms. The van der Waals surface area contributed by atoms with E-state index >= 15 is 0 Å². The molecule has 5 heterocycles. The Morgan fingerprint density at radius 1 is 0.453 bits per heavy atom. The predicted molar refractivity (Wildman–Crippen MR) is 227 cm³/mol. The van der Waals surface area contributed by atoms with Crippen molar-refractivity contribution >= 4 is 111 Å². The molecule has 11 aromatic rings. The molecule has 2 aliphatic heterocycles. The maximum atomic E-state index is 2.70. The van der Waals surface area contributed by atoms with Gasteiger partial charge in [-0.2, -0.15) is 0 Å². The van der Waals surface area contributed by atoms with E-state index in [1.54, 1.807) is 0 Å². The second-order valence-corrected chi connectivity index (χ2v) is 15.4. The van der Waals surface area contributed by atoms with E-state index in [1.807, 2.05) is 11.3 Å². The van der Waals surface area contributed by atoms with Gasteiger partial charge in [-0.3, -0.25) is 0 Å². The van der Waals surface area contributed by atoms with Crippen LogP contribution >= 0.6 is 11.3 Å². The molecule has 244 valence electrons. The standard InChI is InChI=1S/C48H28BN3S/c1-2-15-32(16-3-1)51-39-20-10-8-18-35(39)37-27-38-47-43(46(37)51)36-19-9-11-21-40(36)52(47)49-44-34-17-7-6-13-30(34)23-25-41(44)50(42-28-53-48(38)45(42)49)33-24-22-29-12-4-5-14-31(29)26-33/h1-28H. The first-order valence-electron chi connectivity index (χ1n) is 18.3. The second-order valence-electron chi connectivity index (χ2n) is 14.5. The summed E-state index contributed by atoms with van der Waals surface area (Å²) in [5.74, 6) is 0. The van der Waals surface area contributed by atoms with Crippen molar-refractivity contribution in [2.45, 2.75) is 0 Å². The van der Waals surface area contributed by atoms with Gasteiger partial charge < -0.3 is 13.9 Å². The summed E-state index contributed by atoms with van der Waals surface area (Å²) < 4.78 is 5.20. The van der Waals surface area contributed by atoms with Gasteiger partial charge >= 0.3 is 6.85 Å². The Hall–Kier alpha value is -6.56. The lowest BCUT2D eigenvalue weighted by Gasteiger charge is -2.38. The molecule has 0 radical (unpaired) electrons. The Labute approximate surface area is 309 Å². The van der Waals surface area contributed by atoms with Gasteiger partial charge in [-0.05, 0) is 81.0 Å². The molecule has 0 amide bonds. The fourth-order valence-corrected chi connectivity index (χ4v) is 10.9. The number of hydrogen-bond acceptors (Lipinski definition) is 2. The number of hydrogen-bond donors (Lipinski definition) is 0. The van der Waals surface area contributed by atoms with E-state index in [0.29, 0.717) is 0 Å². The molecule has 0 N–H and O–H groups in total. The minimum absolute atomic E-state index is 0.00552. The minimum Gasteiger partial charge on any atom is -0.375 e. The van der Waals surface area contributed by atoms with Crippen molar-refractivity contribution in [3.63, 3.8) is 0 Å². The van der Waals surface area contributed by atoms with Gasteiger partial charge in [0, 0.05) is 65.5 Å². The first-order valence-corrected chi connectivity index (χ1v) is 19.2. The molecule has 0 saturated carbocycles. The van der Waals surface area contributed by atoms with Crippen LogP contribution < -0.4 is 15.8 Å². The van der Waals surface area contributed by atoms with E-state index in [4.69, 9.17) is 0 Å². The largest absolute Gasteiger partial charge is 0.375 e. The van der Waals surface area contributed by atoms with Crippen molar-refractivity contribution in [1.29, 1.82) is 0 Å². The Morgan fingerprint density at radius 3 is 2.02 bits per heavy atom. The van der Waals surface area contributed by atoms with Crippen molar-refractivity contribution in [2.24, 2.45) is 0 Å². The summed E-state index contributed by atoms with van der Waals surface area (Å²) in [5.41, 5.74) is 14.1. The molecule has 13 rings (SSSR count). The number of para-hydroxylation sites is 3. The Bertz CT molecular complexity index is 3370. The van der Waals surface area contributed by atoms with Crippen LogP contribution in [0.5, 0.6) is 0 Å². The first-order chi connectivity index (χ1) is 26.3. The average Bonchev–Trinajstić information content (AvgIpc) is 3.91. The lowest BCUT2D eigenvalue weighted by molar-refractivity contribution is 1.19. The quantitative estimate of drug-likeness (QED) is 0.165. The zero-order valence-corrected chi connectivity index (χ0v) is 29.3. The van der Waals surface area contributed by atoms with Gasteiger partial charge in [-0.1, -0.05) is 115 Å². The van der Waals surface area contributed by atoms with Crippen LogP contribution in [-0.4, -0.2) is 15.9 Å². The number of anilines is 3. The number of benzene rings is 8. The van der Waals surface area contributed by atoms with Crippen LogP contribution in [0.4, 0.5) is 17.1 Å². The zero-order chi connectivity index (χ0) is 34.4. The third-order valence-corrected chi connectivity index (χ3v) is 12.9. The van der Waals surface area contributed by atoms with Crippen LogP contribution in [0, 0.1) is 0 Å². The third-order valence-electron chi connectivity index (χ3n) is 11.9. The molecular formula is C48H28BN3S. The highest BCUT2D eigenvalue weighted by atomic mass is 32.1. The molecule has 0 aliphatic carbocycles. The normalized spacial score (nSPS) is 13.2. The average molecular weight is 690 g/mol. The minimum atomic E-state index is 0.00552. The molecule has 3 aromatic heterocycles. The third kappa shape index (κ3) is 3.50. The van der Waals surface area contributed by atoms with Crippen LogP contribution in [0.3, 0.4) is 0 Å². The Balaban J connectivity index is 1.23. The van der Waals surface area contributed by atoms with E-state index in [9.17, 15) is 0 Å². The van der Waals surface area contributed by atoms with Gasteiger partial charge in [0.25, 0.3) is 0 Å². The molecule has 0 bridgehead atoms. The van der Waals surface area contributed by atoms with Gasteiger partial charge in [0.05, 0.1) is 16.7 Å². The lowest BCUT2D eigenvalue weighted by atomic mass is 9.45. The SMILES string of the molecule is c1ccc(-n2c3ccccc3c3cc4c5c(c6ccccc6n5B5c6c(csc6-4)N(c4ccc6ccccc6c4)c4ccc6ccccc6c45)c32)cc1. The topological polar surface area (TPSA) is 13.1 Å². The van der Waals surface area contributed by atoms with Gasteiger partial charge in [0.15, 0.2) is 0 Å². The summed E-state index contributed by atoms with van der Waals surface area (Å²) in [6, 6.07) is 60.7. The first kappa shape index (κ1) is 28.1. The molecule has 0 unspecified atom stereocenters. The van der Waals surface area contributed by atoms with Gasteiger partial charge in [0.2, 0.25) is 0 Å². The zero-order valence-electron chi connectivity index (χ0n) is 28.5. The molecule has 5 heteroatoms. The monoisotopic (exact) mass is 689 g/mol. The summed E-state index contributed by atoms with van der Waals surface area (Å²) >= 11 is 1.90. The Morgan fingerprint density at radius 2 is 1.15 bits per heavy atom. The number of fused-ring (bicyclic) bond motifs is 14. The summed E-state index contributed by atoms with van der Waals surface area (Å²) in [4.78, 5) is 3.90. The molecular weight excluding hydrogens is 661 g/mol. The summed E-state index contributed by atoms with van der Waals surface area (Å²) in [6.45, 7) is 0.00552. The molecule has 2 aliphatic rings. The van der Waals surface area contributed by atoms with Crippen LogP contribution in [-0.2, 0) is 0 Å². The summed E-state index contributed by atoms with van der Waals surface area (Å²) in [7, 11) is 0. The highest BCUT2D eigenvalue weighted by Gasteiger charge is 2.45. The smallest absolute Gasteiger partial charge is 0.334 e. The number of nitrogens with zero attached hydrogens (tertiary/aromatic N) is 3. The lowest BCUT2D eigenvalue weighted by Crippen LogP contribution is -2.56. The van der Waals surface area contributed by atoms with Crippen molar-refractivity contribution in [2.75, 3.05) is 4.90 Å². The molecule has 0 saturated heterocycles. The van der Waals surface area contributed by atoms with Crippen molar-refractivity contribution in [1.82, 2.24) is 9.05 Å². The number of thiophene rings is 1. The summed E-state index contributed by atoms with van der Waals surface area (Å²) in [6.07, 6.45) is 0. The van der Waals surface area contributed by atoms with Crippen molar-refractivity contribution in [3.8, 4) is 16.1 Å². The van der Waals surface area contributed by atoms with Crippen LogP contribution in [0.1, 0.15) is 0 Å². The highest BCUT2D eigenvalue weighted by Crippen LogP contribution is 2.51. The van der Waals surface area contributed by atoms with E-state index in [0.717, 1.165) is 0 Å². The van der Waals surface area contributed by atoms with Gasteiger partial charge in [0.1, 0.15) is 0 Å². The van der Waals surface area contributed by atoms with Gasteiger partial charge in [-0.25, -0.2) is 0 Å². The highest BCUT2D eigenvalue weighted by molar-refractivity contribution is 7.17. The molecule has 8 aromatic carbocycles. The Kier molecular flexibility index (Phi) is 5.33. The fraction of sp³-hybridized carbons (Fsp3) is 0. The van der Waals surface area contributed by atoms with Gasteiger partial charge in [-0.15, -0.1) is 11.3 Å². The van der Waals surface area contributed by atoms with E-state index in [1.165, 1.54) is 109 Å². The molecule has 3 nitrogen and oxygen atoms in total. The van der Waals surface area contributed by atoms with Crippen molar-refractivity contribution in [3.05, 3.63) is 169 Å².